The monoisotopic (exact) mass is 635 g/mol. The highest BCUT2D eigenvalue weighted by Gasteiger charge is 2.26. The number of hydrogen-bond acceptors (Lipinski definition) is 7. The zero-order valence-corrected chi connectivity index (χ0v) is 25.1. The van der Waals surface area contributed by atoms with Gasteiger partial charge in [0.25, 0.3) is 0 Å². The van der Waals surface area contributed by atoms with Crippen LogP contribution >= 0.6 is 11.6 Å². The van der Waals surface area contributed by atoms with Gasteiger partial charge in [-0.3, -0.25) is 4.79 Å². The predicted octanol–water partition coefficient (Wildman–Crippen LogP) is 6.08. The number of carbonyl (C=O) groups excluding carboxylic acids is 1. The SMILES string of the molecule is O=C(Cc1ccc(Oc2ccc(OC3CCC(NS(=O)(=O)c4ccc(Cl)cc4)CC3)cc2)nc1)Nc1ccccc1C(=O)O. The highest BCUT2D eigenvalue weighted by Crippen LogP contribution is 2.28. The van der Waals surface area contributed by atoms with E-state index in [-0.39, 0.29) is 40.6 Å². The van der Waals surface area contributed by atoms with Crippen LogP contribution in [-0.4, -0.2) is 42.5 Å². The normalized spacial score (nSPS) is 16.6. The molecule has 1 amide bonds. The second-order valence-electron chi connectivity index (χ2n) is 10.3. The minimum atomic E-state index is -3.61. The number of rotatable bonds is 11. The summed E-state index contributed by atoms with van der Waals surface area (Å²) in [5.74, 6) is 0.100. The van der Waals surface area contributed by atoms with Gasteiger partial charge in [-0.25, -0.2) is 22.9 Å². The zero-order valence-electron chi connectivity index (χ0n) is 23.5. The second-order valence-corrected chi connectivity index (χ2v) is 12.5. The van der Waals surface area contributed by atoms with Gasteiger partial charge in [-0.15, -0.1) is 0 Å². The largest absolute Gasteiger partial charge is 0.490 e. The van der Waals surface area contributed by atoms with Crippen LogP contribution < -0.4 is 19.5 Å². The van der Waals surface area contributed by atoms with Gasteiger partial charge in [0.05, 0.1) is 28.7 Å². The molecule has 0 bridgehead atoms. The van der Waals surface area contributed by atoms with Gasteiger partial charge in [0, 0.05) is 23.3 Å². The Labute approximate surface area is 260 Å². The number of para-hydroxylation sites is 1. The van der Waals surface area contributed by atoms with E-state index >= 15 is 0 Å². The van der Waals surface area contributed by atoms with Gasteiger partial charge in [0.1, 0.15) is 11.5 Å². The van der Waals surface area contributed by atoms with Crippen molar-refractivity contribution in [2.24, 2.45) is 0 Å². The molecule has 3 N–H and O–H groups in total. The molecule has 3 aromatic carbocycles. The topological polar surface area (TPSA) is 144 Å². The van der Waals surface area contributed by atoms with Crippen LogP contribution in [0.5, 0.6) is 17.4 Å². The fourth-order valence-corrected chi connectivity index (χ4v) is 6.26. The van der Waals surface area contributed by atoms with E-state index in [1.54, 1.807) is 60.7 Å². The van der Waals surface area contributed by atoms with Gasteiger partial charge in [0.2, 0.25) is 21.8 Å². The Hall–Kier alpha value is -4.45. The molecule has 12 heteroatoms. The maximum Gasteiger partial charge on any atom is 0.337 e. The number of amides is 1. The Balaban J connectivity index is 1.07. The number of pyridine rings is 1. The van der Waals surface area contributed by atoms with Crippen LogP contribution in [0.15, 0.2) is 96.0 Å². The second kappa shape index (κ2) is 13.9. The molecule has 0 atom stereocenters. The summed E-state index contributed by atoms with van der Waals surface area (Å²) in [7, 11) is -3.61. The van der Waals surface area contributed by atoms with Gasteiger partial charge in [0.15, 0.2) is 0 Å². The predicted molar refractivity (Wildman–Crippen MR) is 165 cm³/mol. The van der Waals surface area contributed by atoms with Crippen molar-refractivity contribution in [1.29, 1.82) is 0 Å². The fraction of sp³-hybridized carbons (Fsp3) is 0.219. The Bertz CT molecular complexity index is 1710. The lowest BCUT2D eigenvalue weighted by atomic mass is 9.94. The molecule has 1 aliphatic rings. The molecule has 1 fully saturated rings. The number of halogens is 1. The highest BCUT2D eigenvalue weighted by atomic mass is 35.5. The lowest BCUT2D eigenvalue weighted by molar-refractivity contribution is -0.115. The molecule has 1 saturated carbocycles. The third kappa shape index (κ3) is 8.34. The Morgan fingerprint density at radius 2 is 1.57 bits per heavy atom. The summed E-state index contributed by atoms with van der Waals surface area (Å²) in [6, 6.07) is 22.7. The number of nitrogens with one attached hydrogen (secondary N) is 2. The maximum absolute atomic E-state index is 12.7. The molecule has 0 spiro atoms. The summed E-state index contributed by atoms with van der Waals surface area (Å²) >= 11 is 5.87. The molecular weight excluding hydrogens is 606 g/mol. The quantitative estimate of drug-likeness (QED) is 0.180. The number of ether oxygens (including phenoxy) is 2. The maximum atomic E-state index is 12.7. The average molecular weight is 636 g/mol. The first-order valence-corrected chi connectivity index (χ1v) is 15.8. The number of sulfonamides is 1. The van der Waals surface area contributed by atoms with E-state index in [1.165, 1.54) is 30.5 Å². The van der Waals surface area contributed by atoms with Gasteiger partial charge in [-0.1, -0.05) is 29.8 Å². The third-order valence-corrected chi connectivity index (χ3v) is 8.85. The Kier molecular flexibility index (Phi) is 9.78. The van der Waals surface area contributed by atoms with Crippen molar-refractivity contribution in [2.45, 2.75) is 49.1 Å². The molecular formula is C32H30ClN3O7S. The Morgan fingerprint density at radius 3 is 2.23 bits per heavy atom. The summed E-state index contributed by atoms with van der Waals surface area (Å²) in [4.78, 5) is 28.2. The van der Waals surface area contributed by atoms with Crippen molar-refractivity contribution >= 4 is 39.2 Å². The van der Waals surface area contributed by atoms with Crippen LogP contribution in [0.4, 0.5) is 5.69 Å². The lowest BCUT2D eigenvalue weighted by Crippen LogP contribution is -2.39. The minimum Gasteiger partial charge on any atom is -0.490 e. The molecule has 4 aromatic rings. The number of carbonyl (C=O) groups is 2. The van der Waals surface area contributed by atoms with Crippen molar-refractivity contribution in [1.82, 2.24) is 9.71 Å². The number of aromatic carboxylic acids is 1. The number of anilines is 1. The van der Waals surface area contributed by atoms with E-state index in [0.717, 1.165) is 0 Å². The van der Waals surface area contributed by atoms with Crippen molar-refractivity contribution in [3.63, 3.8) is 0 Å². The molecule has 44 heavy (non-hydrogen) atoms. The van der Waals surface area contributed by atoms with Crippen LogP contribution in [0.2, 0.25) is 5.02 Å². The lowest BCUT2D eigenvalue weighted by Gasteiger charge is -2.29. The average Bonchev–Trinajstić information content (AvgIpc) is 3.00. The number of aromatic nitrogens is 1. The molecule has 0 saturated heterocycles. The van der Waals surface area contributed by atoms with Gasteiger partial charge < -0.3 is 19.9 Å². The standard InChI is InChI=1S/C32H30ClN3O7S/c33-22-6-16-27(17-7-22)44(40,41)36-23-8-10-24(11-9-23)42-25-12-14-26(15-13-25)43-31-18-5-21(20-34-31)19-30(37)35-29-4-2-1-3-28(29)32(38)39/h1-7,12-18,20,23-24,36H,8-11,19H2,(H,35,37)(H,38,39). The molecule has 10 nitrogen and oxygen atoms in total. The number of nitrogens with zero attached hydrogens (tertiary/aromatic N) is 1. The van der Waals surface area contributed by atoms with E-state index in [9.17, 15) is 23.1 Å². The van der Waals surface area contributed by atoms with E-state index in [4.69, 9.17) is 21.1 Å². The molecule has 5 rings (SSSR count). The first kappa shape index (κ1) is 31.0. The van der Waals surface area contributed by atoms with Crippen molar-refractivity contribution in [2.75, 3.05) is 5.32 Å². The van der Waals surface area contributed by atoms with Crippen molar-refractivity contribution in [3.05, 3.63) is 107 Å². The summed E-state index contributed by atoms with van der Waals surface area (Å²) in [6.07, 6.45) is 4.28. The van der Waals surface area contributed by atoms with Gasteiger partial charge in [-0.05, 0) is 91.9 Å². The molecule has 1 aromatic heterocycles. The van der Waals surface area contributed by atoms with Crippen LogP contribution in [0, 0.1) is 0 Å². The zero-order chi connectivity index (χ0) is 31.1. The van der Waals surface area contributed by atoms with E-state index in [0.29, 0.717) is 53.6 Å². The summed E-state index contributed by atoms with van der Waals surface area (Å²) in [5.41, 5.74) is 0.886. The first-order chi connectivity index (χ1) is 21.1. The molecule has 0 aliphatic heterocycles. The van der Waals surface area contributed by atoms with Crippen LogP contribution in [0.25, 0.3) is 0 Å². The smallest absolute Gasteiger partial charge is 0.337 e. The van der Waals surface area contributed by atoms with Crippen LogP contribution in [0.3, 0.4) is 0 Å². The molecule has 1 aliphatic carbocycles. The minimum absolute atomic E-state index is 0.0163. The molecule has 228 valence electrons. The van der Waals surface area contributed by atoms with Crippen LogP contribution in [-0.2, 0) is 21.2 Å². The Morgan fingerprint density at radius 1 is 0.886 bits per heavy atom. The molecule has 1 heterocycles. The van der Waals surface area contributed by atoms with Gasteiger partial charge >= 0.3 is 5.97 Å². The first-order valence-electron chi connectivity index (χ1n) is 13.9. The van der Waals surface area contributed by atoms with E-state index in [2.05, 4.69) is 15.0 Å². The van der Waals surface area contributed by atoms with E-state index < -0.39 is 16.0 Å². The number of carboxylic acid groups (broad SMARTS) is 1. The number of hydrogen-bond donors (Lipinski definition) is 3. The molecule has 0 unspecified atom stereocenters. The van der Waals surface area contributed by atoms with Gasteiger partial charge in [-0.2, -0.15) is 0 Å². The van der Waals surface area contributed by atoms with Crippen molar-refractivity contribution in [3.8, 4) is 17.4 Å². The summed E-state index contributed by atoms with van der Waals surface area (Å²) < 4.78 is 40.0. The third-order valence-electron chi connectivity index (χ3n) is 7.06. The fourth-order valence-electron chi connectivity index (χ4n) is 4.83. The summed E-state index contributed by atoms with van der Waals surface area (Å²) in [6.45, 7) is 0. The molecule has 0 radical (unpaired) electrons. The number of carboxylic acids is 1. The van der Waals surface area contributed by atoms with E-state index in [1.807, 2.05) is 0 Å². The van der Waals surface area contributed by atoms with Crippen LogP contribution in [0.1, 0.15) is 41.6 Å². The highest BCUT2D eigenvalue weighted by molar-refractivity contribution is 7.89. The number of benzene rings is 3. The summed E-state index contributed by atoms with van der Waals surface area (Å²) in [5, 5.41) is 12.4. The van der Waals surface area contributed by atoms with Crippen molar-refractivity contribution < 1.29 is 32.6 Å².